The number of nitrogens with zero attached hydrogens (tertiary/aromatic N) is 1. The highest BCUT2D eigenvalue weighted by molar-refractivity contribution is 5.84. The molecule has 0 aromatic rings. The average Bonchev–Trinajstić information content (AvgIpc) is 3.56. The molecule has 59 heavy (non-hydrogen) atoms. The zero-order valence-corrected chi connectivity index (χ0v) is 38.8. The first-order valence-corrected chi connectivity index (χ1v) is 23.8. The van der Waals surface area contributed by atoms with Gasteiger partial charge in [0.05, 0.1) is 53.7 Å². The van der Waals surface area contributed by atoms with Crippen LogP contribution in [0, 0.1) is 41.4 Å². The van der Waals surface area contributed by atoms with E-state index in [2.05, 4.69) is 41.5 Å². The van der Waals surface area contributed by atoms with Crippen LogP contribution in [0.2, 0.25) is 0 Å². The van der Waals surface area contributed by atoms with Gasteiger partial charge in [0.2, 0.25) is 11.7 Å². The van der Waals surface area contributed by atoms with Crippen molar-refractivity contribution in [3.05, 3.63) is 12.2 Å². The fraction of sp³-hybridized carbons (Fsp3) is 0.917. The topological polar surface area (TPSA) is 144 Å². The first-order valence-electron chi connectivity index (χ1n) is 23.8. The summed E-state index contributed by atoms with van der Waals surface area (Å²) in [4.78, 5) is 30.4. The first kappa shape index (κ1) is 48.6. The zero-order chi connectivity index (χ0) is 43.7. The van der Waals surface area contributed by atoms with Crippen LogP contribution in [0.3, 0.4) is 0 Å². The second kappa shape index (κ2) is 19.5. The van der Waals surface area contributed by atoms with E-state index in [1.807, 2.05) is 52.5 Å². The van der Waals surface area contributed by atoms with Crippen LogP contribution in [0.15, 0.2) is 12.2 Å². The summed E-state index contributed by atoms with van der Waals surface area (Å²) < 4.78 is 34.1. The van der Waals surface area contributed by atoms with Gasteiger partial charge in [-0.15, -0.1) is 0 Å². The molecule has 0 bridgehead atoms. The summed E-state index contributed by atoms with van der Waals surface area (Å²) in [7, 11) is 0. The predicted molar refractivity (Wildman–Crippen MR) is 228 cm³/mol. The standard InChI is InChI=1S/C48H83NO10/c1-13-26-49(27-14-2)44(53)35(15-3)37-19-18-29(6)42(56-37)33(10)40(51)32(9)41(52)36(16-4)43-30(7)28-31(8)47(57-43)23-20-38(50)48(59-47)25-24-45(12,58-48)39-21-22-46(54,17-5)34(11)55-39/h20,23,29-40,42-43,50-51,54H,13-19,21-22,24-28H2,1-12H3/t29-,30+,31-,32-,33-,34+,35-,36+,37+,38-,39-,40+,42+,43?,45+,46-,47+,48+/m1/s1. The third-order valence-electron chi connectivity index (χ3n) is 15.7. The van der Waals surface area contributed by atoms with Crippen molar-refractivity contribution in [1.82, 2.24) is 4.90 Å². The highest BCUT2D eigenvalue weighted by atomic mass is 16.8. The smallest absolute Gasteiger partial charge is 0.228 e. The van der Waals surface area contributed by atoms with Gasteiger partial charge in [-0.05, 0) is 108 Å². The Morgan fingerprint density at radius 3 is 2.10 bits per heavy atom. The van der Waals surface area contributed by atoms with E-state index in [0.717, 1.165) is 45.2 Å². The summed E-state index contributed by atoms with van der Waals surface area (Å²) in [5.41, 5.74) is -1.62. The number of hydrogen-bond acceptors (Lipinski definition) is 10. The minimum Gasteiger partial charge on any atom is -0.392 e. The number of ketones is 1. The molecule has 0 saturated carbocycles. The molecule has 2 spiro atoms. The Bertz CT molecular complexity index is 1440. The Hall–Kier alpha value is -1.44. The molecule has 3 N–H and O–H groups in total. The Morgan fingerprint density at radius 2 is 1.51 bits per heavy atom. The molecular weight excluding hydrogens is 751 g/mol. The van der Waals surface area contributed by atoms with Gasteiger partial charge in [-0.3, -0.25) is 9.59 Å². The molecule has 340 valence electrons. The number of Topliss-reactive ketones (excluding diaryl/α,β-unsaturated/α-hetero) is 1. The van der Waals surface area contributed by atoms with Crippen LogP contribution in [0.4, 0.5) is 0 Å². The fourth-order valence-electron chi connectivity index (χ4n) is 11.6. The summed E-state index contributed by atoms with van der Waals surface area (Å²) in [5.74, 6) is -4.12. The van der Waals surface area contributed by atoms with E-state index in [4.69, 9.17) is 23.7 Å². The predicted octanol–water partition coefficient (Wildman–Crippen LogP) is 7.75. The largest absolute Gasteiger partial charge is 0.392 e. The van der Waals surface area contributed by atoms with Crippen LogP contribution in [0.5, 0.6) is 0 Å². The molecule has 1 amide bonds. The quantitative estimate of drug-likeness (QED) is 0.132. The van der Waals surface area contributed by atoms with Gasteiger partial charge in [0.15, 0.2) is 5.79 Å². The maximum Gasteiger partial charge on any atom is 0.228 e. The number of aliphatic hydroxyl groups excluding tert-OH is 2. The van der Waals surface area contributed by atoms with Crippen LogP contribution < -0.4 is 0 Å². The SMILES string of the molecule is CCCN(CCC)C(=O)[C@H](CC)[C@@H]1CC[C@@H](C)[C@@H]([C@H](C)[C@@H](O)[C@@H](C)C(=O)[C@H](CC)C2O[C@]3(C=C[C@@H](O)[C@]4(CC[C@@](C)([C@H]5CC[C@](O)(CC)[C@H](C)O5)O4)O3)[C@H](C)C[C@@H]2C)O1. The minimum absolute atomic E-state index is 0.0289. The number of rotatable bonds is 16. The lowest BCUT2D eigenvalue weighted by molar-refractivity contribution is -0.409. The molecule has 0 aromatic carbocycles. The highest BCUT2D eigenvalue weighted by Crippen LogP contribution is 2.54. The average molecular weight is 834 g/mol. The summed E-state index contributed by atoms with van der Waals surface area (Å²) in [6.45, 7) is 25.8. The fourth-order valence-corrected chi connectivity index (χ4v) is 11.6. The van der Waals surface area contributed by atoms with E-state index in [1.54, 1.807) is 6.08 Å². The number of carbonyl (C=O) groups excluding carboxylic acids is 2. The number of aliphatic hydroxyl groups is 3. The maximum absolute atomic E-state index is 14.7. The van der Waals surface area contributed by atoms with Crippen molar-refractivity contribution in [2.24, 2.45) is 41.4 Å². The molecule has 18 atom stereocenters. The van der Waals surface area contributed by atoms with Gasteiger partial charge in [-0.2, -0.15) is 0 Å². The second-order valence-corrected chi connectivity index (χ2v) is 19.9. The van der Waals surface area contributed by atoms with Crippen LogP contribution in [0.25, 0.3) is 0 Å². The molecule has 5 rings (SSSR count). The van der Waals surface area contributed by atoms with Gasteiger partial charge in [0.25, 0.3) is 0 Å². The number of amides is 1. The van der Waals surface area contributed by atoms with Crippen LogP contribution in [-0.2, 0) is 33.3 Å². The van der Waals surface area contributed by atoms with Crippen LogP contribution in [0.1, 0.15) is 160 Å². The monoisotopic (exact) mass is 834 g/mol. The molecule has 0 aromatic heterocycles. The molecule has 4 fully saturated rings. The zero-order valence-electron chi connectivity index (χ0n) is 38.8. The number of hydrogen-bond donors (Lipinski definition) is 3. The third-order valence-corrected chi connectivity index (χ3v) is 15.7. The normalized spacial score (nSPS) is 42.7. The van der Waals surface area contributed by atoms with Gasteiger partial charge >= 0.3 is 0 Å². The van der Waals surface area contributed by atoms with E-state index in [1.165, 1.54) is 0 Å². The van der Waals surface area contributed by atoms with Crippen molar-refractivity contribution in [3.8, 4) is 0 Å². The molecule has 5 heterocycles. The third kappa shape index (κ3) is 9.58. The molecule has 5 aliphatic heterocycles. The van der Waals surface area contributed by atoms with Crippen LogP contribution >= 0.6 is 0 Å². The molecule has 0 radical (unpaired) electrons. The van der Waals surface area contributed by atoms with Crippen molar-refractivity contribution < 1.29 is 48.6 Å². The summed E-state index contributed by atoms with van der Waals surface area (Å²) >= 11 is 0. The van der Waals surface area contributed by atoms with Crippen LogP contribution in [-0.4, -0.2) is 111 Å². The lowest BCUT2D eigenvalue weighted by atomic mass is 9.72. The summed E-state index contributed by atoms with van der Waals surface area (Å²) in [6, 6.07) is 0. The van der Waals surface area contributed by atoms with Crippen molar-refractivity contribution in [2.75, 3.05) is 13.1 Å². The molecule has 5 aliphatic rings. The lowest BCUT2D eigenvalue weighted by Crippen LogP contribution is -2.63. The van der Waals surface area contributed by atoms with Gasteiger partial charge in [-0.25, -0.2) is 0 Å². The van der Waals surface area contributed by atoms with Gasteiger partial charge in [0.1, 0.15) is 11.9 Å². The molecular formula is C48H83NO10. The van der Waals surface area contributed by atoms with Gasteiger partial charge in [-0.1, -0.05) is 69.2 Å². The first-order chi connectivity index (χ1) is 27.8. The summed E-state index contributed by atoms with van der Waals surface area (Å²) in [5, 5.41) is 34.6. The minimum atomic E-state index is -1.36. The molecule has 1 unspecified atom stereocenters. The van der Waals surface area contributed by atoms with E-state index in [-0.39, 0.29) is 65.7 Å². The Labute approximate surface area is 356 Å². The molecule has 11 heteroatoms. The lowest BCUT2D eigenvalue weighted by Gasteiger charge is -2.54. The van der Waals surface area contributed by atoms with Crippen molar-refractivity contribution in [3.63, 3.8) is 0 Å². The van der Waals surface area contributed by atoms with Crippen molar-refractivity contribution >= 4 is 11.7 Å². The molecule has 4 saturated heterocycles. The van der Waals surface area contributed by atoms with E-state index >= 15 is 0 Å². The van der Waals surface area contributed by atoms with Crippen molar-refractivity contribution in [2.45, 2.75) is 226 Å². The number of carbonyl (C=O) groups is 2. The Kier molecular flexibility index (Phi) is 16.1. The van der Waals surface area contributed by atoms with E-state index in [0.29, 0.717) is 44.9 Å². The maximum atomic E-state index is 14.7. The molecule has 0 aliphatic carbocycles. The highest BCUT2D eigenvalue weighted by Gasteiger charge is 2.63. The van der Waals surface area contributed by atoms with Gasteiger partial charge in [0, 0.05) is 43.2 Å². The Morgan fingerprint density at radius 1 is 0.847 bits per heavy atom. The second-order valence-electron chi connectivity index (χ2n) is 19.9. The van der Waals surface area contributed by atoms with Gasteiger partial charge < -0.3 is 43.9 Å². The Balaban J connectivity index is 1.29. The van der Waals surface area contributed by atoms with Crippen molar-refractivity contribution in [1.29, 1.82) is 0 Å². The van der Waals surface area contributed by atoms with E-state index < -0.39 is 52.9 Å². The van der Waals surface area contributed by atoms with E-state index in [9.17, 15) is 24.9 Å². The summed E-state index contributed by atoms with van der Waals surface area (Å²) in [6.07, 6.45) is 8.30. The molecule has 11 nitrogen and oxygen atoms in total. The number of ether oxygens (including phenoxy) is 5.